The molecule has 17 heavy (non-hydrogen) atoms. The van der Waals surface area contributed by atoms with E-state index in [1.807, 2.05) is 19.1 Å². The van der Waals surface area contributed by atoms with Crippen LogP contribution in [0, 0.1) is 6.92 Å². The Kier molecular flexibility index (Phi) is 3.38. The van der Waals surface area contributed by atoms with Crippen molar-refractivity contribution in [1.82, 2.24) is 4.98 Å². The number of hydrogen-bond donors (Lipinski definition) is 0. The summed E-state index contributed by atoms with van der Waals surface area (Å²) in [6, 6.07) is 8.13. The minimum absolute atomic E-state index is 0.110. The minimum atomic E-state index is 0.110. The molecule has 88 valence electrons. The van der Waals surface area contributed by atoms with Crippen LogP contribution < -0.4 is 0 Å². The van der Waals surface area contributed by atoms with E-state index in [9.17, 15) is 4.79 Å². The van der Waals surface area contributed by atoms with Gasteiger partial charge in [-0.25, -0.2) is 4.98 Å². The van der Waals surface area contributed by atoms with Gasteiger partial charge >= 0.3 is 0 Å². The Bertz CT molecular complexity index is 557. The summed E-state index contributed by atoms with van der Waals surface area (Å²) in [6.45, 7) is 5.70. The highest BCUT2D eigenvalue weighted by molar-refractivity contribution is 7.17. The summed E-state index contributed by atoms with van der Waals surface area (Å²) in [5.41, 5.74) is 3.24. The summed E-state index contributed by atoms with van der Waals surface area (Å²) in [7, 11) is 0. The number of benzene rings is 1. The van der Waals surface area contributed by atoms with Crippen molar-refractivity contribution in [2.24, 2.45) is 0 Å². The number of hydrogen-bond acceptors (Lipinski definition) is 3. The van der Waals surface area contributed by atoms with E-state index in [4.69, 9.17) is 0 Å². The lowest BCUT2D eigenvalue weighted by atomic mass is 10.1. The van der Waals surface area contributed by atoms with Crippen molar-refractivity contribution in [3.05, 3.63) is 40.4 Å². The fraction of sp³-hybridized carbons (Fsp3) is 0.286. The van der Waals surface area contributed by atoms with Crippen molar-refractivity contribution in [2.45, 2.75) is 27.2 Å². The highest BCUT2D eigenvalue weighted by Crippen LogP contribution is 2.30. The molecule has 0 aliphatic carbocycles. The predicted octanol–water partition coefficient (Wildman–Crippen LogP) is 3.88. The first-order valence-electron chi connectivity index (χ1n) is 5.70. The van der Waals surface area contributed by atoms with Gasteiger partial charge in [0.05, 0.1) is 10.6 Å². The van der Waals surface area contributed by atoms with Crippen molar-refractivity contribution in [3.8, 4) is 10.6 Å². The largest absolute Gasteiger partial charge is 0.294 e. The minimum Gasteiger partial charge on any atom is -0.294 e. The Morgan fingerprint density at radius 1 is 1.35 bits per heavy atom. The Morgan fingerprint density at radius 2 is 2.06 bits per heavy atom. The van der Waals surface area contributed by atoms with Crippen molar-refractivity contribution in [1.29, 1.82) is 0 Å². The van der Waals surface area contributed by atoms with E-state index in [-0.39, 0.29) is 5.78 Å². The number of aryl methyl sites for hydroxylation is 2. The lowest BCUT2D eigenvalue weighted by molar-refractivity contribution is 0.102. The fourth-order valence-electron chi connectivity index (χ4n) is 1.79. The zero-order chi connectivity index (χ0) is 12.4. The SMILES string of the molecule is CCc1nc(-c2ccccc2C)sc1C(C)=O. The Hall–Kier alpha value is -1.48. The monoisotopic (exact) mass is 245 g/mol. The molecule has 0 saturated carbocycles. The summed E-state index contributed by atoms with van der Waals surface area (Å²) in [6.07, 6.45) is 0.803. The lowest BCUT2D eigenvalue weighted by Gasteiger charge is -1.99. The van der Waals surface area contributed by atoms with Gasteiger partial charge in [-0.05, 0) is 18.9 Å². The van der Waals surface area contributed by atoms with Gasteiger partial charge in [0.15, 0.2) is 5.78 Å². The quantitative estimate of drug-likeness (QED) is 0.768. The molecular formula is C14H15NOS. The number of carbonyl (C=O) groups excluding carboxylic acids is 1. The summed E-state index contributed by atoms with van der Waals surface area (Å²) in [5, 5.41) is 0.949. The first-order chi connectivity index (χ1) is 8.13. The number of carbonyl (C=O) groups is 1. The molecule has 2 aromatic rings. The molecule has 0 N–H and O–H groups in total. The number of rotatable bonds is 3. The molecule has 3 heteroatoms. The van der Waals surface area contributed by atoms with Crippen LogP contribution in [0.4, 0.5) is 0 Å². The second-order valence-electron chi connectivity index (χ2n) is 4.02. The molecule has 0 atom stereocenters. The van der Waals surface area contributed by atoms with Gasteiger partial charge in [0.1, 0.15) is 5.01 Å². The molecule has 0 spiro atoms. The molecule has 1 heterocycles. The molecule has 0 fully saturated rings. The second kappa shape index (κ2) is 4.80. The summed E-state index contributed by atoms with van der Waals surface area (Å²) < 4.78 is 0. The van der Waals surface area contributed by atoms with Crippen molar-refractivity contribution >= 4 is 17.1 Å². The van der Waals surface area contributed by atoms with E-state index >= 15 is 0 Å². The predicted molar refractivity (Wildman–Crippen MR) is 71.7 cm³/mol. The Balaban J connectivity index is 2.54. The smallest absolute Gasteiger partial charge is 0.171 e. The van der Waals surface area contributed by atoms with E-state index in [1.54, 1.807) is 6.92 Å². The van der Waals surface area contributed by atoms with Crippen LogP contribution in [0.5, 0.6) is 0 Å². The first-order valence-corrected chi connectivity index (χ1v) is 6.51. The average Bonchev–Trinajstić information content (AvgIpc) is 2.73. The summed E-state index contributed by atoms with van der Waals surface area (Å²) >= 11 is 1.50. The van der Waals surface area contributed by atoms with Gasteiger partial charge in [-0.1, -0.05) is 31.2 Å². The van der Waals surface area contributed by atoms with E-state index < -0.39 is 0 Å². The molecule has 0 radical (unpaired) electrons. The van der Waals surface area contributed by atoms with Crippen molar-refractivity contribution < 1.29 is 4.79 Å². The third-order valence-electron chi connectivity index (χ3n) is 2.73. The van der Waals surface area contributed by atoms with Gasteiger partial charge in [-0.3, -0.25) is 4.79 Å². The number of Topliss-reactive ketones (excluding diaryl/α,β-unsaturated/α-hetero) is 1. The number of aromatic nitrogens is 1. The van der Waals surface area contributed by atoms with Crippen molar-refractivity contribution in [2.75, 3.05) is 0 Å². The number of ketones is 1. The maximum absolute atomic E-state index is 11.5. The van der Waals surface area contributed by atoms with Crippen LogP contribution >= 0.6 is 11.3 Å². The molecule has 2 rings (SSSR count). The van der Waals surface area contributed by atoms with Crippen LogP contribution in [0.25, 0.3) is 10.6 Å². The van der Waals surface area contributed by atoms with E-state index in [0.717, 1.165) is 27.6 Å². The molecule has 1 aromatic heterocycles. The van der Waals surface area contributed by atoms with Crippen LogP contribution in [0.3, 0.4) is 0 Å². The van der Waals surface area contributed by atoms with Gasteiger partial charge in [-0.15, -0.1) is 11.3 Å². The maximum atomic E-state index is 11.5. The number of thiazole rings is 1. The first kappa shape index (κ1) is 12.0. The van der Waals surface area contributed by atoms with E-state index in [0.29, 0.717) is 0 Å². The van der Waals surface area contributed by atoms with Gasteiger partial charge in [0.25, 0.3) is 0 Å². The van der Waals surface area contributed by atoms with Gasteiger partial charge in [-0.2, -0.15) is 0 Å². The highest BCUT2D eigenvalue weighted by atomic mass is 32.1. The van der Waals surface area contributed by atoms with Gasteiger partial charge in [0.2, 0.25) is 0 Å². The third-order valence-corrected chi connectivity index (χ3v) is 3.96. The normalized spacial score (nSPS) is 10.5. The van der Waals surface area contributed by atoms with Crippen LogP contribution in [0.1, 0.15) is 34.8 Å². The third kappa shape index (κ3) is 2.29. The molecule has 0 aliphatic rings. The average molecular weight is 245 g/mol. The van der Waals surface area contributed by atoms with E-state index in [2.05, 4.69) is 24.0 Å². The van der Waals surface area contributed by atoms with E-state index in [1.165, 1.54) is 16.9 Å². The van der Waals surface area contributed by atoms with Crippen LogP contribution in [-0.4, -0.2) is 10.8 Å². The van der Waals surface area contributed by atoms with Gasteiger partial charge < -0.3 is 0 Å². The molecule has 0 unspecified atom stereocenters. The summed E-state index contributed by atoms with van der Waals surface area (Å²) in [5.74, 6) is 0.110. The highest BCUT2D eigenvalue weighted by Gasteiger charge is 2.15. The zero-order valence-electron chi connectivity index (χ0n) is 10.3. The maximum Gasteiger partial charge on any atom is 0.171 e. The topological polar surface area (TPSA) is 30.0 Å². The van der Waals surface area contributed by atoms with Crippen LogP contribution in [0.2, 0.25) is 0 Å². The lowest BCUT2D eigenvalue weighted by Crippen LogP contribution is -1.93. The molecule has 0 saturated heterocycles. The Morgan fingerprint density at radius 3 is 2.59 bits per heavy atom. The molecule has 1 aromatic carbocycles. The number of nitrogens with zero attached hydrogens (tertiary/aromatic N) is 1. The van der Waals surface area contributed by atoms with Crippen molar-refractivity contribution in [3.63, 3.8) is 0 Å². The molecule has 2 nitrogen and oxygen atoms in total. The molecule has 0 bridgehead atoms. The second-order valence-corrected chi connectivity index (χ2v) is 5.02. The standard InChI is InChI=1S/C14H15NOS/c1-4-12-13(10(3)16)17-14(15-12)11-8-6-5-7-9(11)2/h5-8H,4H2,1-3H3. The fourth-order valence-corrected chi connectivity index (χ4v) is 2.93. The zero-order valence-corrected chi connectivity index (χ0v) is 11.1. The van der Waals surface area contributed by atoms with Gasteiger partial charge in [0, 0.05) is 12.5 Å². The molecular weight excluding hydrogens is 230 g/mol. The molecule has 0 amide bonds. The Labute approximate surface area is 105 Å². The van der Waals surface area contributed by atoms with Crippen LogP contribution in [-0.2, 0) is 6.42 Å². The van der Waals surface area contributed by atoms with Crippen LogP contribution in [0.15, 0.2) is 24.3 Å². The molecule has 0 aliphatic heterocycles. The summed E-state index contributed by atoms with van der Waals surface area (Å²) in [4.78, 5) is 16.9.